The first-order chi connectivity index (χ1) is 12.9. The van der Waals surface area contributed by atoms with Crippen molar-refractivity contribution in [2.75, 3.05) is 11.9 Å². The van der Waals surface area contributed by atoms with Crippen molar-refractivity contribution in [3.63, 3.8) is 0 Å². The fraction of sp³-hybridized carbons (Fsp3) is 0.238. The Bertz CT molecular complexity index is 971. The summed E-state index contributed by atoms with van der Waals surface area (Å²) in [5.41, 5.74) is 4.50. The lowest BCUT2D eigenvalue weighted by atomic mass is 10.1. The summed E-state index contributed by atoms with van der Waals surface area (Å²) in [5.74, 6) is -0.827. The molecule has 2 N–H and O–H groups in total. The molecule has 27 heavy (non-hydrogen) atoms. The zero-order valence-corrected chi connectivity index (χ0v) is 16.0. The molecule has 1 amide bonds. The highest BCUT2D eigenvalue weighted by Crippen LogP contribution is 2.27. The number of carbonyl (C=O) groups excluding carboxylic acids is 2. The molecule has 5 nitrogen and oxygen atoms in total. The number of carbonyl (C=O) groups is 2. The first-order valence-electron chi connectivity index (χ1n) is 8.71. The molecule has 3 rings (SSSR count). The molecule has 0 bridgehead atoms. The van der Waals surface area contributed by atoms with Crippen molar-refractivity contribution in [1.82, 2.24) is 4.98 Å². The van der Waals surface area contributed by atoms with Crippen molar-refractivity contribution in [1.29, 1.82) is 0 Å². The summed E-state index contributed by atoms with van der Waals surface area (Å²) >= 11 is 6.17. The minimum atomic E-state index is -0.415. The summed E-state index contributed by atoms with van der Waals surface area (Å²) in [6.45, 7) is 3.46. The number of esters is 1. The maximum absolute atomic E-state index is 12.1. The van der Waals surface area contributed by atoms with Crippen LogP contribution in [0.5, 0.6) is 0 Å². The third-order valence-corrected chi connectivity index (χ3v) is 4.63. The number of fused-ring (bicyclic) bond motifs is 1. The van der Waals surface area contributed by atoms with Crippen molar-refractivity contribution in [2.24, 2.45) is 0 Å². The SMILES string of the molecule is Cc1cc(C)c(NC(=O)COC(=O)CCc2c[nH]c3ccccc23)c(Cl)c1. The third kappa shape index (κ3) is 4.68. The predicted octanol–water partition coefficient (Wildman–Crippen LogP) is 4.55. The van der Waals surface area contributed by atoms with E-state index < -0.39 is 11.9 Å². The van der Waals surface area contributed by atoms with Gasteiger partial charge in [0.05, 0.1) is 10.7 Å². The van der Waals surface area contributed by atoms with Gasteiger partial charge in [-0.1, -0.05) is 35.9 Å². The van der Waals surface area contributed by atoms with Crippen LogP contribution in [0.1, 0.15) is 23.1 Å². The van der Waals surface area contributed by atoms with Gasteiger partial charge in [0.25, 0.3) is 5.91 Å². The number of H-pyrrole nitrogens is 1. The Labute approximate surface area is 162 Å². The van der Waals surface area contributed by atoms with E-state index in [0.717, 1.165) is 27.6 Å². The summed E-state index contributed by atoms with van der Waals surface area (Å²) < 4.78 is 5.09. The smallest absolute Gasteiger partial charge is 0.306 e. The number of amides is 1. The van der Waals surface area contributed by atoms with Crippen LogP contribution in [0.3, 0.4) is 0 Å². The maximum Gasteiger partial charge on any atom is 0.306 e. The zero-order valence-electron chi connectivity index (χ0n) is 15.3. The molecule has 0 saturated heterocycles. The molecule has 0 aliphatic heterocycles. The van der Waals surface area contributed by atoms with Crippen LogP contribution in [0, 0.1) is 13.8 Å². The monoisotopic (exact) mass is 384 g/mol. The van der Waals surface area contributed by atoms with Crippen LogP contribution < -0.4 is 5.32 Å². The minimum Gasteiger partial charge on any atom is -0.456 e. The molecule has 0 spiro atoms. The number of aromatic amines is 1. The van der Waals surface area contributed by atoms with Gasteiger partial charge in [-0.25, -0.2) is 0 Å². The second kappa shape index (κ2) is 8.27. The van der Waals surface area contributed by atoms with Crippen LogP contribution in [0.25, 0.3) is 10.9 Å². The van der Waals surface area contributed by atoms with Crippen LogP contribution >= 0.6 is 11.6 Å². The third-order valence-electron chi connectivity index (χ3n) is 4.33. The number of benzene rings is 2. The second-order valence-corrected chi connectivity index (χ2v) is 6.91. The van der Waals surface area contributed by atoms with Crippen LogP contribution in [0.4, 0.5) is 5.69 Å². The second-order valence-electron chi connectivity index (χ2n) is 6.51. The van der Waals surface area contributed by atoms with Crippen molar-refractivity contribution in [3.05, 3.63) is 64.3 Å². The first kappa shape index (κ1) is 19.0. The average Bonchev–Trinajstić information content (AvgIpc) is 3.04. The van der Waals surface area contributed by atoms with Crippen molar-refractivity contribution < 1.29 is 14.3 Å². The van der Waals surface area contributed by atoms with Crippen LogP contribution in [0.15, 0.2) is 42.6 Å². The lowest BCUT2D eigenvalue weighted by Crippen LogP contribution is -2.21. The highest BCUT2D eigenvalue weighted by Gasteiger charge is 2.13. The molecule has 6 heteroatoms. The molecule has 0 fully saturated rings. The topological polar surface area (TPSA) is 71.2 Å². The quantitative estimate of drug-likeness (QED) is 0.612. The Kier molecular flexibility index (Phi) is 5.81. The van der Waals surface area contributed by atoms with E-state index in [-0.39, 0.29) is 13.0 Å². The number of anilines is 1. The van der Waals surface area contributed by atoms with Crippen molar-refractivity contribution in [3.8, 4) is 0 Å². The molecule has 0 aliphatic carbocycles. The van der Waals surface area contributed by atoms with Crippen LogP contribution in [0.2, 0.25) is 5.02 Å². The maximum atomic E-state index is 12.1. The fourth-order valence-electron chi connectivity index (χ4n) is 3.04. The number of halogens is 1. The Balaban J connectivity index is 1.50. The van der Waals surface area contributed by atoms with Gasteiger partial charge in [0.2, 0.25) is 0 Å². The minimum absolute atomic E-state index is 0.208. The van der Waals surface area contributed by atoms with E-state index in [1.165, 1.54) is 0 Å². The van der Waals surface area contributed by atoms with Gasteiger partial charge < -0.3 is 15.0 Å². The Morgan fingerprint density at radius 3 is 2.74 bits per heavy atom. The van der Waals surface area contributed by atoms with Gasteiger partial charge in [-0.15, -0.1) is 0 Å². The fourth-order valence-corrected chi connectivity index (χ4v) is 3.41. The molecule has 140 valence electrons. The van der Waals surface area contributed by atoms with Gasteiger partial charge in [0.15, 0.2) is 6.61 Å². The predicted molar refractivity (Wildman–Crippen MR) is 107 cm³/mol. The first-order valence-corrected chi connectivity index (χ1v) is 9.09. The van der Waals surface area contributed by atoms with E-state index in [1.807, 2.05) is 50.4 Å². The highest BCUT2D eigenvalue weighted by atomic mass is 35.5. The summed E-state index contributed by atoms with van der Waals surface area (Å²) in [4.78, 5) is 27.2. The van der Waals surface area contributed by atoms with E-state index >= 15 is 0 Å². The number of aromatic nitrogens is 1. The number of hydrogen-bond acceptors (Lipinski definition) is 3. The van der Waals surface area contributed by atoms with Gasteiger partial charge in [0.1, 0.15) is 0 Å². The van der Waals surface area contributed by atoms with Crippen LogP contribution in [-0.4, -0.2) is 23.5 Å². The van der Waals surface area contributed by atoms with Crippen LogP contribution in [-0.2, 0) is 20.7 Å². The number of hydrogen-bond donors (Lipinski definition) is 2. The molecule has 0 radical (unpaired) electrons. The number of rotatable bonds is 6. The number of ether oxygens (including phenoxy) is 1. The van der Waals surface area contributed by atoms with Gasteiger partial charge in [-0.2, -0.15) is 0 Å². The van der Waals surface area contributed by atoms with E-state index in [2.05, 4.69) is 10.3 Å². The molecule has 1 heterocycles. The zero-order chi connectivity index (χ0) is 19.4. The number of aryl methyl sites for hydroxylation is 3. The molecule has 1 aromatic heterocycles. The summed E-state index contributed by atoms with van der Waals surface area (Å²) in [5, 5.41) is 4.26. The average molecular weight is 385 g/mol. The van der Waals surface area contributed by atoms with Gasteiger partial charge in [0, 0.05) is 23.5 Å². The van der Waals surface area contributed by atoms with E-state index in [4.69, 9.17) is 16.3 Å². The lowest BCUT2D eigenvalue weighted by molar-refractivity contribution is -0.147. The molecule has 0 atom stereocenters. The Morgan fingerprint density at radius 1 is 1.19 bits per heavy atom. The van der Waals surface area contributed by atoms with E-state index in [9.17, 15) is 9.59 Å². The molecule has 0 aliphatic rings. The molecule has 0 unspecified atom stereocenters. The number of para-hydroxylation sites is 1. The molecular formula is C21H21ClN2O3. The summed E-state index contributed by atoms with van der Waals surface area (Å²) in [6.07, 6.45) is 2.65. The summed E-state index contributed by atoms with van der Waals surface area (Å²) in [6, 6.07) is 11.6. The molecule has 2 aromatic carbocycles. The largest absolute Gasteiger partial charge is 0.456 e. The van der Waals surface area contributed by atoms with E-state index in [0.29, 0.717) is 17.1 Å². The lowest BCUT2D eigenvalue weighted by Gasteiger charge is -2.11. The molecule has 0 saturated carbocycles. The summed E-state index contributed by atoms with van der Waals surface area (Å²) in [7, 11) is 0. The van der Waals surface area contributed by atoms with E-state index in [1.54, 1.807) is 6.07 Å². The Morgan fingerprint density at radius 2 is 1.96 bits per heavy atom. The molecule has 3 aromatic rings. The highest BCUT2D eigenvalue weighted by molar-refractivity contribution is 6.34. The van der Waals surface area contributed by atoms with Gasteiger partial charge in [-0.05, 0) is 49.1 Å². The van der Waals surface area contributed by atoms with Crippen molar-refractivity contribution >= 4 is 40.1 Å². The van der Waals surface area contributed by atoms with Crippen molar-refractivity contribution in [2.45, 2.75) is 26.7 Å². The normalized spacial score (nSPS) is 10.8. The standard InChI is InChI=1S/C21H21ClN2O3/c1-13-9-14(2)21(17(22)10-13)24-19(25)12-27-20(26)8-7-15-11-23-18-6-4-3-5-16(15)18/h3-6,9-11,23H,7-8,12H2,1-2H3,(H,24,25). The number of nitrogens with one attached hydrogen (secondary N) is 2. The van der Waals surface area contributed by atoms with Gasteiger partial charge in [-0.3, -0.25) is 9.59 Å². The Hall–Kier alpha value is -2.79. The van der Waals surface area contributed by atoms with Gasteiger partial charge >= 0.3 is 5.97 Å². The molecular weight excluding hydrogens is 364 g/mol.